The summed E-state index contributed by atoms with van der Waals surface area (Å²) in [7, 11) is 0. The fourth-order valence-electron chi connectivity index (χ4n) is 2.22. The van der Waals surface area contributed by atoms with Crippen LogP contribution in [0.3, 0.4) is 0 Å². The molecular formula is C10H10N2O4S2. The summed E-state index contributed by atoms with van der Waals surface area (Å²) < 4.78 is 0. The SMILES string of the molecule is O=C1C[C@@H](S)C(=O)N1CCN1C(=O)C2SC2C1=O. The first-order valence-electron chi connectivity index (χ1n) is 5.53. The molecule has 3 atom stereocenters. The summed E-state index contributed by atoms with van der Waals surface area (Å²) in [6.07, 6.45) is 0.0882. The Morgan fingerprint density at radius 3 is 2.06 bits per heavy atom. The lowest BCUT2D eigenvalue weighted by Crippen LogP contribution is -2.42. The first kappa shape index (κ1) is 12.0. The molecule has 3 aliphatic heterocycles. The Hall–Kier alpha value is -1.02. The molecule has 0 aliphatic carbocycles. The summed E-state index contributed by atoms with van der Waals surface area (Å²) in [6, 6.07) is 0. The molecule has 0 saturated carbocycles. The summed E-state index contributed by atoms with van der Waals surface area (Å²) >= 11 is 5.36. The summed E-state index contributed by atoms with van der Waals surface area (Å²) in [4.78, 5) is 48.7. The van der Waals surface area contributed by atoms with Crippen molar-refractivity contribution in [2.24, 2.45) is 0 Å². The van der Waals surface area contributed by atoms with Gasteiger partial charge in [0.15, 0.2) is 0 Å². The van der Waals surface area contributed by atoms with Crippen molar-refractivity contribution < 1.29 is 19.2 Å². The van der Waals surface area contributed by atoms with Crippen molar-refractivity contribution >= 4 is 48.0 Å². The highest BCUT2D eigenvalue weighted by Gasteiger charge is 2.60. The van der Waals surface area contributed by atoms with E-state index in [9.17, 15) is 19.2 Å². The minimum absolute atomic E-state index is 0.0797. The van der Waals surface area contributed by atoms with Crippen LogP contribution in [-0.4, -0.2) is 62.3 Å². The van der Waals surface area contributed by atoms with E-state index < -0.39 is 5.25 Å². The number of hydrogen-bond donors (Lipinski definition) is 1. The average Bonchev–Trinajstić information content (AvgIpc) is 3.02. The summed E-state index contributed by atoms with van der Waals surface area (Å²) in [6.45, 7) is 0.180. The van der Waals surface area contributed by atoms with E-state index >= 15 is 0 Å². The van der Waals surface area contributed by atoms with Gasteiger partial charge in [0.25, 0.3) is 0 Å². The summed E-state index contributed by atoms with van der Waals surface area (Å²) in [5.41, 5.74) is 0. The molecule has 0 aromatic heterocycles. The highest BCUT2D eigenvalue weighted by Crippen LogP contribution is 2.48. The fourth-order valence-corrected chi connectivity index (χ4v) is 3.47. The Kier molecular flexibility index (Phi) is 2.67. The van der Waals surface area contributed by atoms with Gasteiger partial charge in [0.1, 0.15) is 10.5 Å². The number of carbonyl (C=O) groups excluding carboxylic acids is 4. The topological polar surface area (TPSA) is 74.8 Å². The highest BCUT2D eigenvalue weighted by atomic mass is 32.2. The van der Waals surface area contributed by atoms with Crippen molar-refractivity contribution in [1.29, 1.82) is 0 Å². The predicted molar refractivity (Wildman–Crippen MR) is 66.0 cm³/mol. The van der Waals surface area contributed by atoms with Crippen molar-refractivity contribution in [2.45, 2.75) is 22.2 Å². The maximum Gasteiger partial charge on any atom is 0.244 e. The van der Waals surface area contributed by atoms with Gasteiger partial charge in [-0.1, -0.05) is 0 Å². The lowest BCUT2D eigenvalue weighted by molar-refractivity contribution is -0.143. The van der Waals surface area contributed by atoms with Crippen LogP contribution < -0.4 is 0 Å². The van der Waals surface area contributed by atoms with Crippen LogP contribution in [0.1, 0.15) is 6.42 Å². The second-order valence-electron chi connectivity index (χ2n) is 4.41. The largest absolute Gasteiger partial charge is 0.280 e. The molecule has 3 heterocycles. The molecule has 0 bridgehead atoms. The number of hydrogen-bond acceptors (Lipinski definition) is 6. The molecule has 3 saturated heterocycles. The van der Waals surface area contributed by atoms with E-state index in [1.54, 1.807) is 0 Å². The van der Waals surface area contributed by atoms with Crippen LogP contribution in [0.15, 0.2) is 0 Å². The monoisotopic (exact) mass is 286 g/mol. The number of imide groups is 2. The van der Waals surface area contributed by atoms with Gasteiger partial charge >= 0.3 is 0 Å². The van der Waals surface area contributed by atoms with E-state index in [2.05, 4.69) is 12.6 Å². The minimum Gasteiger partial charge on any atom is -0.280 e. The molecule has 0 spiro atoms. The zero-order valence-corrected chi connectivity index (χ0v) is 10.9. The van der Waals surface area contributed by atoms with Crippen molar-refractivity contribution in [3.8, 4) is 0 Å². The molecule has 0 aromatic carbocycles. The molecule has 0 radical (unpaired) electrons. The third kappa shape index (κ3) is 1.66. The Labute approximate surface area is 112 Å². The number of fused-ring (bicyclic) bond motifs is 1. The van der Waals surface area contributed by atoms with Gasteiger partial charge in [0.2, 0.25) is 23.6 Å². The van der Waals surface area contributed by atoms with Gasteiger partial charge in [-0.2, -0.15) is 12.6 Å². The van der Waals surface area contributed by atoms with Crippen LogP contribution in [0, 0.1) is 0 Å². The summed E-state index contributed by atoms with van der Waals surface area (Å²) in [5, 5.41) is -1.04. The van der Waals surface area contributed by atoms with Crippen LogP contribution >= 0.6 is 24.4 Å². The van der Waals surface area contributed by atoms with E-state index in [-0.39, 0.29) is 53.6 Å². The third-order valence-electron chi connectivity index (χ3n) is 3.28. The quantitative estimate of drug-likeness (QED) is 0.405. The van der Waals surface area contributed by atoms with Gasteiger partial charge in [-0.05, 0) is 0 Å². The minimum atomic E-state index is -0.591. The molecule has 3 aliphatic rings. The zero-order valence-electron chi connectivity index (χ0n) is 9.24. The molecule has 2 unspecified atom stereocenters. The van der Waals surface area contributed by atoms with Crippen LogP contribution in [0.2, 0.25) is 0 Å². The number of thiol groups is 1. The maximum atomic E-state index is 11.7. The van der Waals surface area contributed by atoms with E-state index in [1.807, 2.05) is 0 Å². The fraction of sp³-hybridized carbons (Fsp3) is 0.600. The smallest absolute Gasteiger partial charge is 0.244 e. The molecular weight excluding hydrogens is 276 g/mol. The van der Waals surface area contributed by atoms with Crippen LogP contribution in [0.25, 0.3) is 0 Å². The van der Waals surface area contributed by atoms with E-state index in [0.717, 1.165) is 9.80 Å². The standard InChI is InChI=1S/C10H10N2O4S2/c13-5-3-4(17)8(14)11(5)1-2-12-9(15)6-7(18-6)10(12)16/h4,6-7,17H,1-3H2/t4-,6?,7?/m1/s1. The Balaban J connectivity index is 1.62. The number of nitrogens with zero attached hydrogens (tertiary/aromatic N) is 2. The molecule has 4 amide bonds. The lowest BCUT2D eigenvalue weighted by atomic mass is 10.4. The van der Waals surface area contributed by atoms with Crippen LogP contribution in [0.4, 0.5) is 0 Å². The number of amides is 4. The molecule has 6 nitrogen and oxygen atoms in total. The first-order chi connectivity index (χ1) is 8.50. The van der Waals surface area contributed by atoms with E-state index in [4.69, 9.17) is 0 Å². The Bertz CT molecular complexity index is 439. The number of likely N-dealkylation sites (tertiary alicyclic amines) is 2. The third-order valence-corrected chi connectivity index (χ3v) is 4.90. The molecule has 18 heavy (non-hydrogen) atoms. The van der Waals surface area contributed by atoms with E-state index in [1.165, 1.54) is 11.8 Å². The van der Waals surface area contributed by atoms with Crippen LogP contribution in [-0.2, 0) is 19.2 Å². The predicted octanol–water partition coefficient (Wildman–Crippen LogP) is -1.10. The zero-order chi connectivity index (χ0) is 13.0. The molecule has 3 fully saturated rings. The van der Waals surface area contributed by atoms with Gasteiger partial charge in [-0.15, -0.1) is 11.8 Å². The first-order valence-corrected chi connectivity index (χ1v) is 6.99. The van der Waals surface area contributed by atoms with Crippen molar-refractivity contribution in [2.75, 3.05) is 13.1 Å². The molecule has 3 rings (SSSR count). The van der Waals surface area contributed by atoms with E-state index in [0.29, 0.717) is 0 Å². The molecule has 96 valence electrons. The highest BCUT2D eigenvalue weighted by molar-refractivity contribution is 8.09. The summed E-state index contributed by atoms with van der Waals surface area (Å²) in [5.74, 6) is -1.03. The molecule has 8 heteroatoms. The normalized spacial score (nSPS) is 34.6. The van der Waals surface area contributed by atoms with Gasteiger partial charge < -0.3 is 0 Å². The lowest BCUT2D eigenvalue weighted by Gasteiger charge is -2.20. The number of rotatable bonds is 3. The average molecular weight is 286 g/mol. The van der Waals surface area contributed by atoms with Gasteiger partial charge in [0.05, 0.1) is 5.25 Å². The van der Waals surface area contributed by atoms with Gasteiger partial charge in [-0.25, -0.2) is 0 Å². The molecule has 0 N–H and O–H groups in total. The number of thioether (sulfide) groups is 1. The Morgan fingerprint density at radius 2 is 1.56 bits per heavy atom. The van der Waals surface area contributed by atoms with Gasteiger partial charge in [0, 0.05) is 19.5 Å². The van der Waals surface area contributed by atoms with Crippen molar-refractivity contribution in [1.82, 2.24) is 9.80 Å². The van der Waals surface area contributed by atoms with Crippen molar-refractivity contribution in [3.05, 3.63) is 0 Å². The second-order valence-corrected chi connectivity index (χ2v) is 6.32. The molecule has 0 aromatic rings. The maximum absolute atomic E-state index is 11.7. The van der Waals surface area contributed by atoms with Crippen LogP contribution in [0.5, 0.6) is 0 Å². The van der Waals surface area contributed by atoms with Gasteiger partial charge in [-0.3, -0.25) is 29.0 Å². The number of carbonyl (C=O) groups is 4. The van der Waals surface area contributed by atoms with Crippen molar-refractivity contribution in [3.63, 3.8) is 0 Å². The second kappa shape index (κ2) is 3.99. The Morgan fingerprint density at radius 1 is 1.00 bits per heavy atom.